The molecular weight excluding hydrogens is 182 g/mol. The van der Waals surface area contributed by atoms with Crippen molar-refractivity contribution in [2.75, 3.05) is 25.1 Å². The predicted octanol–water partition coefficient (Wildman–Crippen LogP) is 1.02. The lowest BCUT2D eigenvalue weighted by atomic mass is 10.1. The van der Waals surface area contributed by atoms with Crippen LogP contribution in [-0.4, -0.2) is 41.8 Å². The molecule has 13 heavy (non-hydrogen) atoms. The molecule has 0 spiro atoms. The maximum atomic E-state index is 11.6. The van der Waals surface area contributed by atoms with Crippen LogP contribution >= 0.6 is 11.8 Å². The third kappa shape index (κ3) is 3.06. The van der Waals surface area contributed by atoms with Crippen molar-refractivity contribution in [1.82, 2.24) is 4.90 Å². The van der Waals surface area contributed by atoms with Crippen molar-refractivity contribution >= 4 is 17.5 Å². The third-order valence-corrected chi connectivity index (χ3v) is 3.31. The Morgan fingerprint density at radius 1 is 1.77 bits per heavy atom. The summed E-state index contributed by atoms with van der Waals surface area (Å²) in [6.07, 6.45) is 6.23. The van der Waals surface area contributed by atoms with Crippen LogP contribution in [0.25, 0.3) is 0 Å². The van der Waals surface area contributed by atoms with Crippen LogP contribution in [0.15, 0.2) is 0 Å². The molecule has 1 unspecified atom stereocenters. The van der Waals surface area contributed by atoms with Crippen LogP contribution in [0.4, 0.5) is 0 Å². The second-order valence-electron chi connectivity index (χ2n) is 3.24. The van der Waals surface area contributed by atoms with E-state index in [1.165, 1.54) is 0 Å². The number of nitrogens with zero attached hydrogens (tertiary/aromatic N) is 1. The first kappa shape index (κ1) is 10.6. The number of carbonyl (C=O) groups is 1. The number of rotatable bonds is 3. The second kappa shape index (κ2) is 5.31. The molecule has 0 aromatic carbocycles. The highest BCUT2D eigenvalue weighted by atomic mass is 32.2. The number of ketones is 1. The molecule has 1 rings (SSSR count). The van der Waals surface area contributed by atoms with Crippen molar-refractivity contribution < 1.29 is 4.79 Å². The molecule has 0 amide bonds. The first-order chi connectivity index (χ1) is 6.25. The minimum atomic E-state index is 0.104. The monoisotopic (exact) mass is 197 g/mol. The Morgan fingerprint density at radius 3 is 3.15 bits per heavy atom. The third-order valence-electron chi connectivity index (χ3n) is 2.28. The van der Waals surface area contributed by atoms with Crippen molar-refractivity contribution in [2.24, 2.45) is 0 Å². The Morgan fingerprint density at radius 2 is 2.54 bits per heavy atom. The highest BCUT2D eigenvalue weighted by molar-refractivity contribution is 7.99. The lowest BCUT2D eigenvalue weighted by Crippen LogP contribution is -2.44. The van der Waals surface area contributed by atoms with E-state index < -0.39 is 0 Å². The smallest absolute Gasteiger partial charge is 0.151 e. The van der Waals surface area contributed by atoms with E-state index in [9.17, 15) is 4.79 Å². The number of hydrogen-bond acceptors (Lipinski definition) is 3. The summed E-state index contributed by atoms with van der Waals surface area (Å²) >= 11 is 1.85. The lowest BCUT2D eigenvalue weighted by molar-refractivity contribution is -0.123. The van der Waals surface area contributed by atoms with Gasteiger partial charge in [0, 0.05) is 30.9 Å². The molecule has 0 aliphatic carbocycles. The summed E-state index contributed by atoms with van der Waals surface area (Å²) in [4.78, 5) is 13.8. The summed E-state index contributed by atoms with van der Waals surface area (Å²) in [5, 5.41) is 0. The van der Waals surface area contributed by atoms with E-state index in [4.69, 9.17) is 6.42 Å². The molecule has 3 heteroatoms. The molecule has 0 bridgehead atoms. The Hall–Kier alpha value is -0.460. The minimum absolute atomic E-state index is 0.104. The average Bonchev–Trinajstić information content (AvgIpc) is 2.15. The zero-order valence-electron chi connectivity index (χ0n) is 7.95. The van der Waals surface area contributed by atoms with Gasteiger partial charge in [-0.25, -0.2) is 0 Å². The molecular formula is C10H15NOS. The molecule has 0 N–H and O–H groups in total. The maximum Gasteiger partial charge on any atom is 0.151 e. The predicted molar refractivity (Wildman–Crippen MR) is 56.8 cm³/mol. The SMILES string of the molecule is C#CCCC(=O)C1CSCCN1C. The summed E-state index contributed by atoms with van der Waals surface area (Å²) in [6, 6.07) is 0.104. The van der Waals surface area contributed by atoms with Gasteiger partial charge in [0.2, 0.25) is 0 Å². The van der Waals surface area contributed by atoms with Gasteiger partial charge in [0.1, 0.15) is 0 Å². The van der Waals surface area contributed by atoms with E-state index in [-0.39, 0.29) is 6.04 Å². The first-order valence-electron chi connectivity index (χ1n) is 4.50. The molecule has 1 aliphatic heterocycles. The van der Waals surface area contributed by atoms with Crippen LogP contribution in [-0.2, 0) is 4.79 Å². The fourth-order valence-corrected chi connectivity index (χ4v) is 2.63. The molecule has 1 atom stereocenters. The Kier molecular flexibility index (Phi) is 4.34. The summed E-state index contributed by atoms with van der Waals surface area (Å²) in [5.74, 6) is 4.87. The van der Waals surface area contributed by atoms with Crippen molar-refractivity contribution in [1.29, 1.82) is 0 Å². The zero-order valence-corrected chi connectivity index (χ0v) is 8.77. The van der Waals surface area contributed by atoms with Gasteiger partial charge >= 0.3 is 0 Å². The van der Waals surface area contributed by atoms with Crippen LogP contribution in [0.3, 0.4) is 0 Å². The minimum Gasteiger partial charge on any atom is -0.298 e. The number of likely N-dealkylation sites (N-methyl/N-ethyl adjacent to an activating group) is 1. The molecule has 1 fully saturated rings. The fourth-order valence-electron chi connectivity index (χ4n) is 1.39. The van der Waals surface area contributed by atoms with E-state index in [1.807, 2.05) is 18.8 Å². The Labute approximate surface area is 84.1 Å². The Bertz CT molecular complexity index is 221. The van der Waals surface area contributed by atoms with Crippen LogP contribution in [0.5, 0.6) is 0 Å². The van der Waals surface area contributed by atoms with Crippen LogP contribution in [0.2, 0.25) is 0 Å². The summed E-state index contributed by atoms with van der Waals surface area (Å²) in [5.41, 5.74) is 0. The van der Waals surface area contributed by atoms with E-state index in [2.05, 4.69) is 10.8 Å². The molecule has 0 saturated carbocycles. The van der Waals surface area contributed by atoms with E-state index in [0.717, 1.165) is 18.1 Å². The van der Waals surface area contributed by atoms with Crippen molar-refractivity contribution in [2.45, 2.75) is 18.9 Å². The van der Waals surface area contributed by atoms with E-state index >= 15 is 0 Å². The zero-order chi connectivity index (χ0) is 9.68. The van der Waals surface area contributed by atoms with Crippen LogP contribution < -0.4 is 0 Å². The highest BCUT2D eigenvalue weighted by Gasteiger charge is 2.25. The van der Waals surface area contributed by atoms with Gasteiger partial charge < -0.3 is 0 Å². The first-order valence-corrected chi connectivity index (χ1v) is 5.65. The standard InChI is InChI=1S/C10H15NOS/c1-3-4-5-10(12)9-8-13-7-6-11(9)2/h1,9H,4-8H2,2H3. The summed E-state index contributed by atoms with van der Waals surface area (Å²) < 4.78 is 0. The van der Waals surface area contributed by atoms with Crippen LogP contribution in [0.1, 0.15) is 12.8 Å². The summed E-state index contributed by atoms with van der Waals surface area (Å²) in [6.45, 7) is 1.01. The van der Waals surface area contributed by atoms with Gasteiger partial charge in [-0.15, -0.1) is 12.3 Å². The number of carbonyl (C=O) groups excluding carboxylic acids is 1. The van der Waals surface area contributed by atoms with Gasteiger partial charge in [0.25, 0.3) is 0 Å². The normalized spacial score (nSPS) is 23.8. The van der Waals surface area contributed by atoms with Crippen molar-refractivity contribution in [3.8, 4) is 12.3 Å². The molecule has 1 heterocycles. The molecule has 0 radical (unpaired) electrons. The molecule has 0 aromatic heterocycles. The number of terminal acetylenes is 1. The molecule has 72 valence electrons. The maximum absolute atomic E-state index is 11.6. The molecule has 0 aromatic rings. The van der Waals surface area contributed by atoms with Gasteiger partial charge in [-0.2, -0.15) is 11.8 Å². The highest BCUT2D eigenvalue weighted by Crippen LogP contribution is 2.16. The van der Waals surface area contributed by atoms with E-state index in [1.54, 1.807) is 0 Å². The molecule has 2 nitrogen and oxygen atoms in total. The summed E-state index contributed by atoms with van der Waals surface area (Å²) in [7, 11) is 2.01. The quantitative estimate of drug-likeness (QED) is 0.630. The lowest BCUT2D eigenvalue weighted by Gasteiger charge is -2.30. The number of thioether (sulfide) groups is 1. The van der Waals surface area contributed by atoms with E-state index in [0.29, 0.717) is 18.6 Å². The second-order valence-corrected chi connectivity index (χ2v) is 4.39. The largest absolute Gasteiger partial charge is 0.298 e. The van der Waals surface area contributed by atoms with Gasteiger partial charge in [-0.05, 0) is 7.05 Å². The van der Waals surface area contributed by atoms with Gasteiger partial charge in [0.05, 0.1) is 6.04 Å². The van der Waals surface area contributed by atoms with Gasteiger partial charge in [-0.3, -0.25) is 9.69 Å². The average molecular weight is 197 g/mol. The van der Waals surface area contributed by atoms with Crippen molar-refractivity contribution in [3.63, 3.8) is 0 Å². The fraction of sp³-hybridized carbons (Fsp3) is 0.700. The topological polar surface area (TPSA) is 20.3 Å². The van der Waals surface area contributed by atoms with Crippen molar-refractivity contribution in [3.05, 3.63) is 0 Å². The number of Topliss-reactive ketones (excluding diaryl/α,β-unsaturated/α-hetero) is 1. The van der Waals surface area contributed by atoms with Crippen LogP contribution in [0, 0.1) is 12.3 Å². The van der Waals surface area contributed by atoms with Gasteiger partial charge in [-0.1, -0.05) is 0 Å². The van der Waals surface area contributed by atoms with Gasteiger partial charge in [0.15, 0.2) is 5.78 Å². The molecule has 1 aliphatic rings. The Balaban J connectivity index is 2.40. The number of hydrogen-bond donors (Lipinski definition) is 0. The molecule has 1 saturated heterocycles.